The first-order valence-corrected chi connectivity index (χ1v) is 8.75. The lowest BCUT2D eigenvalue weighted by Gasteiger charge is -2.10. The standard InChI is InChI=1S/C18H17BrN2O6/c1-3-26-16-7-4-12(9-15(16)21(24)25)18(23)27-10-17(22)20-14-6-5-13(19)8-11(14)2/h4-9H,3,10H2,1-2H3,(H,20,22). The zero-order chi connectivity index (χ0) is 20.0. The molecule has 0 bridgehead atoms. The van der Waals surface area contributed by atoms with Crippen LogP contribution in [-0.2, 0) is 9.53 Å². The fourth-order valence-corrected chi connectivity index (χ4v) is 2.71. The third-order valence-electron chi connectivity index (χ3n) is 3.49. The number of nitrogens with zero attached hydrogens (tertiary/aromatic N) is 1. The van der Waals surface area contributed by atoms with Crippen LogP contribution in [0.3, 0.4) is 0 Å². The summed E-state index contributed by atoms with van der Waals surface area (Å²) in [5, 5.41) is 13.7. The highest BCUT2D eigenvalue weighted by Gasteiger charge is 2.20. The summed E-state index contributed by atoms with van der Waals surface area (Å²) in [5.41, 5.74) is 1.04. The molecule has 0 aliphatic heterocycles. The molecule has 9 heteroatoms. The number of nitrogens with one attached hydrogen (secondary N) is 1. The molecule has 0 saturated heterocycles. The third kappa shape index (κ3) is 5.52. The second-order valence-electron chi connectivity index (χ2n) is 5.46. The van der Waals surface area contributed by atoms with E-state index in [1.165, 1.54) is 12.1 Å². The number of benzene rings is 2. The van der Waals surface area contributed by atoms with Gasteiger partial charge >= 0.3 is 11.7 Å². The van der Waals surface area contributed by atoms with Gasteiger partial charge in [-0.05, 0) is 49.7 Å². The Kier molecular flexibility index (Phi) is 6.89. The average Bonchev–Trinajstić information content (AvgIpc) is 2.62. The van der Waals surface area contributed by atoms with Crippen LogP contribution in [0.4, 0.5) is 11.4 Å². The van der Waals surface area contributed by atoms with E-state index in [2.05, 4.69) is 21.2 Å². The maximum Gasteiger partial charge on any atom is 0.338 e. The number of anilines is 1. The molecule has 0 fully saturated rings. The molecule has 8 nitrogen and oxygen atoms in total. The summed E-state index contributed by atoms with van der Waals surface area (Å²) in [4.78, 5) is 34.5. The van der Waals surface area contributed by atoms with Gasteiger partial charge in [0.2, 0.25) is 0 Å². The topological polar surface area (TPSA) is 108 Å². The van der Waals surface area contributed by atoms with Crippen molar-refractivity contribution in [2.75, 3.05) is 18.5 Å². The van der Waals surface area contributed by atoms with Crippen molar-refractivity contribution in [3.8, 4) is 5.75 Å². The summed E-state index contributed by atoms with van der Waals surface area (Å²) in [6.45, 7) is 3.25. The molecule has 2 aromatic carbocycles. The van der Waals surface area contributed by atoms with Gasteiger partial charge in [0.15, 0.2) is 12.4 Å². The summed E-state index contributed by atoms with van der Waals surface area (Å²) in [6.07, 6.45) is 0. The van der Waals surface area contributed by atoms with Gasteiger partial charge in [-0.3, -0.25) is 14.9 Å². The zero-order valence-corrected chi connectivity index (χ0v) is 16.2. The van der Waals surface area contributed by atoms with Crippen LogP contribution in [0.1, 0.15) is 22.8 Å². The quantitative estimate of drug-likeness (QED) is 0.401. The van der Waals surface area contributed by atoms with Gasteiger partial charge in [-0.25, -0.2) is 4.79 Å². The Bertz CT molecular complexity index is 884. The van der Waals surface area contributed by atoms with E-state index in [-0.39, 0.29) is 23.6 Å². The molecule has 0 atom stereocenters. The molecule has 1 amide bonds. The first kappa shape index (κ1) is 20.4. The molecule has 2 rings (SSSR count). The Morgan fingerprint density at radius 3 is 2.59 bits per heavy atom. The average molecular weight is 437 g/mol. The molecule has 0 aromatic heterocycles. The van der Waals surface area contributed by atoms with Crippen LogP contribution in [0.5, 0.6) is 5.75 Å². The lowest BCUT2D eigenvalue weighted by atomic mass is 10.2. The van der Waals surface area contributed by atoms with E-state index in [9.17, 15) is 19.7 Å². The minimum absolute atomic E-state index is 0.0437. The van der Waals surface area contributed by atoms with Gasteiger partial charge in [0, 0.05) is 16.2 Å². The number of hydrogen-bond donors (Lipinski definition) is 1. The highest BCUT2D eigenvalue weighted by molar-refractivity contribution is 9.10. The van der Waals surface area contributed by atoms with E-state index >= 15 is 0 Å². The number of nitro groups is 1. The fraction of sp³-hybridized carbons (Fsp3) is 0.222. The molecule has 0 unspecified atom stereocenters. The van der Waals surface area contributed by atoms with Crippen molar-refractivity contribution in [1.82, 2.24) is 0 Å². The molecule has 0 aliphatic carbocycles. The minimum Gasteiger partial charge on any atom is -0.487 e. The summed E-state index contributed by atoms with van der Waals surface area (Å²) < 4.78 is 11.0. The summed E-state index contributed by atoms with van der Waals surface area (Å²) >= 11 is 3.33. The highest BCUT2D eigenvalue weighted by atomic mass is 79.9. The number of rotatable bonds is 7. The molecule has 142 valence electrons. The largest absolute Gasteiger partial charge is 0.487 e. The second-order valence-corrected chi connectivity index (χ2v) is 6.37. The number of hydrogen-bond acceptors (Lipinski definition) is 6. The van der Waals surface area contributed by atoms with Crippen molar-refractivity contribution in [1.29, 1.82) is 0 Å². The number of halogens is 1. The molecular weight excluding hydrogens is 420 g/mol. The molecule has 0 radical (unpaired) electrons. The summed E-state index contributed by atoms with van der Waals surface area (Å²) in [5.74, 6) is -1.31. The molecule has 0 aliphatic rings. The highest BCUT2D eigenvalue weighted by Crippen LogP contribution is 2.28. The number of carbonyl (C=O) groups is 2. The van der Waals surface area contributed by atoms with E-state index in [0.717, 1.165) is 16.1 Å². The Hall–Kier alpha value is -2.94. The van der Waals surface area contributed by atoms with Crippen molar-refractivity contribution >= 4 is 39.2 Å². The van der Waals surface area contributed by atoms with Crippen molar-refractivity contribution in [2.45, 2.75) is 13.8 Å². The van der Waals surface area contributed by atoms with Gasteiger partial charge in [0.1, 0.15) is 0 Å². The van der Waals surface area contributed by atoms with Crippen LogP contribution in [0, 0.1) is 17.0 Å². The van der Waals surface area contributed by atoms with Gasteiger partial charge < -0.3 is 14.8 Å². The molecular formula is C18H17BrN2O6. The van der Waals surface area contributed by atoms with Crippen molar-refractivity contribution < 1.29 is 24.0 Å². The molecule has 2 aromatic rings. The number of carbonyl (C=O) groups excluding carboxylic acids is 2. The first-order chi connectivity index (χ1) is 12.8. The Balaban J connectivity index is 2.01. The lowest BCUT2D eigenvalue weighted by molar-refractivity contribution is -0.385. The number of nitro benzene ring substituents is 1. The van der Waals surface area contributed by atoms with Gasteiger partial charge in [-0.1, -0.05) is 15.9 Å². The monoisotopic (exact) mass is 436 g/mol. The van der Waals surface area contributed by atoms with E-state index < -0.39 is 23.4 Å². The summed E-state index contributed by atoms with van der Waals surface area (Å²) in [7, 11) is 0. The number of amides is 1. The Morgan fingerprint density at radius 2 is 1.96 bits per heavy atom. The number of esters is 1. The van der Waals surface area contributed by atoms with Crippen LogP contribution < -0.4 is 10.1 Å². The minimum atomic E-state index is -0.844. The van der Waals surface area contributed by atoms with Crippen molar-refractivity contribution in [2.24, 2.45) is 0 Å². The summed E-state index contributed by atoms with van der Waals surface area (Å²) in [6, 6.07) is 9.05. The Labute approximate surface area is 163 Å². The van der Waals surface area contributed by atoms with Crippen LogP contribution in [-0.4, -0.2) is 30.0 Å². The lowest BCUT2D eigenvalue weighted by Crippen LogP contribution is -2.21. The molecule has 0 saturated carbocycles. The van der Waals surface area contributed by atoms with Gasteiger partial charge in [-0.15, -0.1) is 0 Å². The van der Waals surface area contributed by atoms with Gasteiger partial charge in [0.05, 0.1) is 17.1 Å². The van der Waals surface area contributed by atoms with Gasteiger partial charge in [0.25, 0.3) is 5.91 Å². The van der Waals surface area contributed by atoms with Crippen LogP contribution in [0.15, 0.2) is 40.9 Å². The second kappa shape index (κ2) is 9.13. The molecule has 0 heterocycles. The van der Waals surface area contributed by atoms with Crippen molar-refractivity contribution in [3.05, 3.63) is 62.1 Å². The Morgan fingerprint density at radius 1 is 1.22 bits per heavy atom. The molecule has 0 spiro atoms. The van der Waals surface area contributed by atoms with Crippen LogP contribution in [0.2, 0.25) is 0 Å². The van der Waals surface area contributed by atoms with Gasteiger partial charge in [-0.2, -0.15) is 0 Å². The molecule has 27 heavy (non-hydrogen) atoms. The number of aryl methyl sites for hydroxylation is 1. The van der Waals surface area contributed by atoms with E-state index in [0.29, 0.717) is 5.69 Å². The van der Waals surface area contributed by atoms with E-state index in [1.54, 1.807) is 19.1 Å². The number of ether oxygens (including phenoxy) is 2. The SMILES string of the molecule is CCOc1ccc(C(=O)OCC(=O)Nc2ccc(Br)cc2C)cc1[N+](=O)[O-]. The maximum absolute atomic E-state index is 12.1. The third-order valence-corrected chi connectivity index (χ3v) is 3.98. The smallest absolute Gasteiger partial charge is 0.338 e. The molecule has 1 N–H and O–H groups in total. The zero-order valence-electron chi connectivity index (χ0n) is 14.7. The fourth-order valence-electron chi connectivity index (χ4n) is 2.23. The van der Waals surface area contributed by atoms with Crippen LogP contribution in [0.25, 0.3) is 0 Å². The predicted octanol–water partition coefficient (Wildman–Crippen LogP) is 3.86. The van der Waals surface area contributed by atoms with Crippen LogP contribution >= 0.6 is 15.9 Å². The predicted molar refractivity (Wildman–Crippen MR) is 102 cm³/mol. The van der Waals surface area contributed by atoms with E-state index in [4.69, 9.17) is 9.47 Å². The van der Waals surface area contributed by atoms with E-state index in [1.807, 2.05) is 13.0 Å². The van der Waals surface area contributed by atoms with Crippen molar-refractivity contribution in [3.63, 3.8) is 0 Å². The maximum atomic E-state index is 12.1. The normalized spacial score (nSPS) is 10.2. The first-order valence-electron chi connectivity index (χ1n) is 7.96.